The third kappa shape index (κ3) is 1.76. The van der Waals surface area contributed by atoms with Gasteiger partial charge in [0.25, 0.3) is 5.91 Å². The van der Waals surface area contributed by atoms with Crippen molar-refractivity contribution in [3.8, 4) is 0 Å². The van der Waals surface area contributed by atoms with Crippen LogP contribution in [0.3, 0.4) is 0 Å². The van der Waals surface area contributed by atoms with E-state index >= 15 is 0 Å². The van der Waals surface area contributed by atoms with Crippen LogP contribution in [0.25, 0.3) is 0 Å². The van der Waals surface area contributed by atoms with Crippen LogP contribution >= 0.6 is 11.9 Å². The predicted octanol–water partition coefficient (Wildman–Crippen LogP) is 3.25. The minimum absolute atomic E-state index is 0.0307. The van der Waals surface area contributed by atoms with Crippen LogP contribution in [-0.4, -0.2) is 16.4 Å². The molecule has 0 saturated carbocycles. The molecular formula is C15H11NO2S. The zero-order valence-corrected chi connectivity index (χ0v) is 10.8. The lowest BCUT2D eigenvalue weighted by Gasteiger charge is -2.23. The molecule has 3 nitrogen and oxygen atoms in total. The summed E-state index contributed by atoms with van der Waals surface area (Å²) < 4.78 is 7.38. The van der Waals surface area contributed by atoms with E-state index in [4.69, 9.17) is 4.74 Å². The minimum Gasteiger partial charge on any atom is -0.341 e. The number of fused-ring (bicyclic) bond motifs is 3. The summed E-state index contributed by atoms with van der Waals surface area (Å²) in [6.07, 6.45) is -0.0716. The van der Waals surface area contributed by atoms with Gasteiger partial charge in [-0.1, -0.05) is 36.4 Å². The molecule has 2 aliphatic heterocycles. The van der Waals surface area contributed by atoms with Crippen LogP contribution in [0.15, 0.2) is 59.5 Å². The van der Waals surface area contributed by atoms with Gasteiger partial charge in [-0.25, -0.2) is 4.31 Å². The van der Waals surface area contributed by atoms with Gasteiger partial charge in [0.1, 0.15) is 6.10 Å². The Hall–Kier alpha value is -1.78. The lowest BCUT2D eigenvalue weighted by atomic mass is 10.0. The molecule has 0 aliphatic carbocycles. The van der Waals surface area contributed by atoms with Crippen molar-refractivity contribution in [2.75, 3.05) is 0 Å². The minimum atomic E-state index is -0.118. The second-order valence-corrected chi connectivity index (χ2v) is 5.62. The first-order valence-electron chi connectivity index (χ1n) is 6.15. The second kappa shape index (κ2) is 4.11. The van der Waals surface area contributed by atoms with E-state index in [1.54, 1.807) is 4.31 Å². The first-order valence-corrected chi connectivity index (χ1v) is 6.93. The van der Waals surface area contributed by atoms with E-state index in [1.807, 2.05) is 54.6 Å². The van der Waals surface area contributed by atoms with Gasteiger partial charge in [-0.05, 0) is 35.7 Å². The smallest absolute Gasteiger partial charge is 0.266 e. The van der Waals surface area contributed by atoms with E-state index in [1.165, 1.54) is 11.9 Å². The average Bonchev–Trinajstić information content (AvgIpc) is 3.25. The van der Waals surface area contributed by atoms with Crippen molar-refractivity contribution in [3.05, 3.63) is 65.7 Å². The molecule has 4 heteroatoms. The summed E-state index contributed by atoms with van der Waals surface area (Å²) in [4.78, 5) is 13.5. The highest BCUT2D eigenvalue weighted by Gasteiger charge is 2.53. The first-order chi connectivity index (χ1) is 9.34. The van der Waals surface area contributed by atoms with Crippen molar-refractivity contribution in [1.82, 2.24) is 4.31 Å². The van der Waals surface area contributed by atoms with Crippen LogP contribution in [0, 0.1) is 0 Å². The number of carbonyl (C=O) groups excluding carboxylic acids is 1. The summed E-state index contributed by atoms with van der Waals surface area (Å²) >= 11 is 1.44. The maximum absolute atomic E-state index is 12.5. The van der Waals surface area contributed by atoms with Crippen LogP contribution in [0.2, 0.25) is 0 Å². The fraction of sp³-hybridized carbons (Fsp3) is 0.133. The molecule has 2 aliphatic rings. The Morgan fingerprint density at radius 1 is 1.00 bits per heavy atom. The SMILES string of the molecule is O=C1c2ccccc2C2OC2N1Sc1ccccc1. The maximum atomic E-state index is 12.5. The lowest BCUT2D eigenvalue weighted by Crippen LogP contribution is -2.31. The third-order valence-electron chi connectivity index (χ3n) is 3.34. The van der Waals surface area contributed by atoms with Gasteiger partial charge in [-0.15, -0.1) is 0 Å². The van der Waals surface area contributed by atoms with E-state index in [9.17, 15) is 4.79 Å². The zero-order chi connectivity index (χ0) is 12.8. The molecule has 1 amide bonds. The molecule has 2 heterocycles. The second-order valence-electron chi connectivity index (χ2n) is 4.57. The highest BCUT2D eigenvalue weighted by molar-refractivity contribution is 7.97. The quantitative estimate of drug-likeness (QED) is 0.620. The van der Waals surface area contributed by atoms with E-state index in [0.29, 0.717) is 0 Å². The summed E-state index contributed by atoms with van der Waals surface area (Å²) in [5.74, 6) is 0.0307. The third-order valence-corrected chi connectivity index (χ3v) is 4.40. The monoisotopic (exact) mass is 269 g/mol. The maximum Gasteiger partial charge on any atom is 0.266 e. The standard InChI is InChI=1S/C15H11NO2S/c17-14-12-9-5-4-8-11(12)13-15(18-13)16(14)19-10-6-2-1-3-7-10/h1-9,13,15H. The van der Waals surface area contributed by atoms with Crippen LogP contribution in [-0.2, 0) is 4.74 Å². The summed E-state index contributed by atoms with van der Waals surface area (Å²) in [7, 11) is 0. The normalized spacial score (nSPS) is 23.8. The zero-order valence-electron chi connectivity index (χ0n) is 10.0. The Kier molecular flexibility index (Phi) is 2.40. The number of hydrogen-bond donors (Lipinski definition) is 0. The Bertz CT molecular complexity index is 644. The molecule has 2 aromatic carbocycles. The highest BCUT2D eigenvalue weighted by Crippen LogP contribution is 2.50. The van der Waals surface area contributed by atoms with Crippen LogP contribution < -0.4 is 0 Å². The van der Waals surface area contributed by atoms with Crippen LogP contribution in [0.1, 0.15) is 22.0 Å². The van der Waals surface area contributed by atoms with Gasteiger partial charge >= 0.3 is 0 Å². The van der Waals surface area contributed by atoms with Crippen molar-refractivity contribution in [2.45, 2.75) is 17.2 Å². The van der Waals surface area contributed by atoms with Crippen molar-refractivity contribution >= 4 is 17.9 Å². The van der Waals surface area contributed by atoms with Crippen LogP contribution in [0.5, 0.6) is 0 Å². The molecule has 0 bridgehead atoms. The Balaban J connectivity index is 1.68. The van der Waals surface area contributed by atoms with Gasteiger partial charge in [0.15, 0.2) is 6.23 Å². The Labute approximate surface area is 115 Å². The van der Waals surface area contributed by atoms with Crippen LogP contribution in [0.4, 0.5) is 0 Å². The molecule has 2 atom stereocenters. The summed E-state index contributed by atoms with van der Waals surface area (Å²) in [5, 5.41) is 0. The molecule has 0 N–H and O–H groups in total. The van der Waals surface area contributed by atoms with E-state index in [2.05, 4.69) is 0 Å². The number of benzene rings is 2. The molecule has 0 spiro atoms. The van der Waals surface area contributed by atoms with Crippen molar-refractivity contribution in [3.63, 3.8) is 0 Å². The fourth-order valence-corrected chi connectivity index (χ4v) is 3.32. The number of nitrogens with zero attached hydrogens (tertiary/aromatic N) is 1. The number of epoxide rings is 1. The molecular weight excluding hydrogens is 258 g/mol. The van der Waals surface area contributed by atoms with Gasteiger partial charge in [0.05, 0.1) is 0 Å². The highest BCUT2D eigenvalue weighted by atomic mass is 32.2. The van der Waals surface area contributed by atoms with Crippen molar-refractivity contribution < 1.29 is 9.53 Å². The summed E-state index contributed by atoms with van der Waals surface area (Å²) in [6.45, 7) is 0. The van der Waals surface area contributed by atoms with E-state index in [0.717, 1.165) is 16.0 Å². The van der Waals surface area contributed by atoms with Gasteiger partial charge in [0.2, 0.25) is 0 Å². The molecule has 0 aromatic heterocycles. The predicted molar refractivity (Wildman–Crippen MR) is 72.5 cm³/mol. The first kappa shape index (κ1) is 11.1. The number of ether oxygens (including phenoxy) is 1. The molecule has 1 saturated heterocycles. The van der Waals surface area contributed by atoms with E-state index in [-0.39, 0.29) is 18.2 Å². The Morgan fingerprint density at radius 2 is 1.74 bits per heavy atom. The van der Waals surface area contributed by atoms with Gasteiger partial charge in [0, 0.05) is 10.5 Å². The molecule has 19 heavy (non-hydrogen) atoms. The van der Waals surface area contributed by atoms with Crippen molar-refractivity contribution in [1.29, 1.82) is 0 Å². The van der Waals surface area contributed by atoms with Gasteiger partial charge in [-0.2, -0.15) is 0 Å². The van der Waals surface area contributed by atoms with Gasteiger partial charge < -0.3 is 4.74 Å². The molecule has 2 unspecified atom stereocenters. The topological polar surface area (TPSA) is 32.8 Å². The van der Waals surface area contributed by atoms with E-state index < -0.39 is 0 Å². The molecule has 2 aromatic rings. The summed E-state index contributed by atoms with van der Waals surface area (Å²) in [6, 6.07) is 17.6. The summed E-state index contributed by atoms with van der Waals surface area (Å²) in [5.41, 5.74) is 1.77. The number of hydrogen-bond acceptors (Lipinski definition) is 3. The number of rotatable bonds is 2. The number of amides is 1. The fourth-order valence-electron chi connectivity index (χ4n) is 2.37. The Morgan fingerprint density at radius 3 is 2.58 bits per heavy atom. The molecule has 94 valence electrons. The average molecular weight is 269 g/mol. The largest absolute Gasteiger partial charge is 0.341 e. The molecule has 4 rings (SSSR count). The van der Waals surface area contributed by atoms with Gasteiger partial charge in [-0.3, -0.25) is 4.79 Å². The lowest BCUT2D eigenvalue weighted by molar-refractivity contribution is 0.0828. The molecule has 0 radical (unpaired) electrons. The number of carbonyl (C=O) groups is 1. The van der Waals surface area contributed by atoms with Crippen molar-refractivity contribution in [2.24, 2.45) is 0 Å². The molecule has 1 fully saturated rings.